The highest BCUT2D eigenvalue weighted by atomic mass is 32.1. The van der Waals surface area contributed by atoms with Crippen molar-refractivity contribution >= 4 is 18.5 Å². The molecule has 0 aliphatic heterocycles. The third-order valence-corrected chi connectivity index (χ3v) is 2.44. The third kappa shape index (κ3) is 3.91. The fourth-order valence-electron chi connectivity index (χ4n) is 1.28. The predicted molar refractivity (Wildman–Crippen MR) is 64.0 cm³/mol. The van der Waals surface area contributed by atoms with Crippen molar-refractivity contribution in [1.82, 2.24) is 9.88 Å². The molecule has 0 saturated heterocycles. The second kappa shape index (κ2) is 5.75. The molecule has 1 unspecified atom stereocenters. The smallest absolute Gasteiger partial charge is 0.234 e. The lowest BCUT2D eigenvalue weighted by Crippen LogP contribution is -2.33. The van der Waals surface area contributed by atoms with Crippen LogP contribution < -0.4 is 0 Å². The number of carbonyl (C=O) groups is 1. The van der Waals surface area contributed by atoms with Crippen molar-refractivity contribution in [2.45, 2.75) is 18.6 Å². The maximum Gasteiger partial charge on any atom is 0.234 e. The Morgan fingerprint density at radius 3 is 2.67 bits per heavy atom. The molecule has 0 radical (unpaired) electrons. The van der Waals surface area contributed by atoms with Gasteiger partial charge >= 0.3 is 0 Å². The largest absolute Gasteiger partial charge is 0.344 e. The number of amides is 1. The van der Waals surface area contributed by atoms with E-state index < -0.39 is 0 Å². The fraction of sp³-hybridized carbons (Fsp3) is 0.455. The fourth-order valence-corrected chi connectivity index (χ4v) is 1.47. The Kier molecular flexibility index (Phi) is 4.62. The molecule has 0 saturated carbocycles. The van der Waals surface area contributed by atoms with E-state index in [1.54, 1.807) is 31.3 Å². The van der Waals surface area contributed by atoms with Crippen LogP contribution in [0.4, 0.5) is 0 Å². The Morgan fingerprint density at radius 1 is 1.53 bits per heavy atom. The Bertz CT molecular complexity index is 314. The van der Waals surface area contributed by atoms with Crippen LogP contribution in [0.15, 0.2) is 24.5 Å². The molecule has 1 amide bonds. The number of aromatic nitrogens is 1. The summed E-state index contributed by atoms with van der Waals surface area (Å²) < 4.78 is 0. The molecule has 82 valence electrons. The molecule has 1 aromatic rings. The van der Waals surface area contributed by atoms with E-state index in [4.69, 9.17) is 0 Å². The van der Waals surface area contributed by atoms with Crippen molar-refractivity contribution in [3.8, 4) is 0 Å². The molecule has 15 heavy (non-hydrogen) atoms. The van der Waals surface area contributed by atoms with Gasteiger partial charge in [0, 0.05) is 26.0 Å². The van der Waals surface area contributed by atoms with E-state index in [1.807, 2.05) is 12.1 Å². The summed E-state index contributed by atoms with van der Waals surface area (Å²) in [6.45, 7) is 2.50. The summed E-state index contributed by atoms with van der Waals surface area (Å²) in [7, 11) is 1.80. The summed E-state index contributed by atoms with van der Waals surface area (Å²) in [6.07, 6.45) is 4.38. The molecule has 3 nitrogen and oxygen atoms in total. The monoisotopic (exact) mass is 224 g/mol. The van der Waals surface area contributed by atoms with Crippen LogP contribution in [-0.2, 0) is 11.2 Å². The first kappa shape index (κ1) is 12.0. The second-order valence-corrected chi connectivity index (χ2v) is 4.32. The van der Waals surface area contributed by atoms with Crippen molar-refractivity contribution in [2.75, 3.05) is 13.6 Å². The van der Waals surface area contributed by atoms with Crippen molar-refractivity contribution in [1.29, 1.82) is 0 Å². The van der Waals surface area contributed by atoms with Gasteiger partial charge in [-0.1, -0.05) is 0 Å². The Morgan fingerprint density at radius 2 is 2.13 bits per heavy atom. The van der Waals surface area contributed by atoms with Gasteiger partial charge < -0.3 is 4.90 Å². The van der Waals surface area contributed by atoms with Gasteiger partial charge in [-0.2, -0.15) is 12.6 Å². The standard InChI is InChI=1S/C11H16N2OS/c1-9(15)11(14)13(2)8-5-10-3-6-12-7-4-10/h3-4,6-7,9,15H,5,8H2,1-2H3. The van der Waals surface area contributed by atoms with E-state index in [2.05, 4.69) is 17.6 Å². The highest BCUT2D eigenvalue weighted by molar-refractivity contribution is 7.81. The molecule has 0 aliphatic carbocycles. The third-order valence-electron chi connectivity index (χ3n) is 2.22. The molecule has 0 aromatic carbocycles. The van der Waals surface area contributed by atoms with E-state index >= 15 is 0 Å². The first-order chi connectivity index (χ1) is 7.11. The number of nitrogens with zero attached hydrogens (tertiary/aromatic N) is 2. The van der Waals surface area contributed by atoms with E-state index in [1.165, 1.54) is 5.56 Å². The highest BCUT2D eigenvalue weighted by Crippen LogP contribution is 2.02. The maximum absolute atomic E-state index is 11.5. The highest BCUT2D eigenvalue weighted by Gasteiger charge is 2.12. The summed E-state index contributed by atoms with van der Waals surface area (Å²) in [5, 5.41) is -0.229. The van der Waals surface area contributed by atoms with E-state index in [0.717, 1.165) is 6.42 Å². The first-order valence-corrected chi connectivity index (χ1v) is 5.45. The minimum Gasteiger partial charge on any atom is -0.344 e. The molecule has 4 heteroatoms. The minimum absolute atomic E-state index is 0.0624. The van der Waals surface area contributed by atoms with E-state index in [-0.39, 0.29) is 11.2 Å². The summed E-state index contributed by atoms with van der Waals surface area (Å²) >= 11 is 4.11. The number of rotatable bonds is 4. The SMILES string of the molecule is CC(S)C(=O)N(C)CCc1ccncc1. The normalized spacial score (nSPS) is 12.2. The number of thiol groups is 1. The number of carbonyl (C=O) groups excluding carboxylic acids is 1. The molecule has 0 bridgehead atoms. The van der Waals surface area contributed by atoms with Crippen LogP contribution in [0.1, 0.15) is 12.5 Å². The van der Waals surface area contributed by atoms with Gasteiger partial charge in [0.2, 0.25) is 5.91 Å². The zero-order chi connectivity index (χ0) is 11.3. The first-order valence-electron chi connectivity index (χ1n) is 4.93. The molecule has 0 aliphatic rings. The van der Waals surface area contributed by atoms with Gasteiger partial charge in [-0.15, -0.1) is 0 Å². The minimum atomic E-state index is -0.229. The van der Waals surface area contributed by atoms with Crippen LogP contribution in [-0.4, -0.2) is 34.6 Å². The number of pyridine rings is 1. The van der Waals surface area contributed by atoms with Crippen LogP contribution in [0, 0.1) is 0 Å². The lowest BCUT2D eigenvalue weighted by atomic mass is 10.2. The average molecular weight is 224 g/mol. The van der Waals surface area contributed by atoms with Crippen molar-refractivity contribution in [3.63, 3.8) is 0 Å². The van der Waals surface area contributed by atoms with Gasteiger partial charge in [0.05, 0.1) is 5.25 Å². The Hall–Kier alpha value is -1.03. The zero-order valence-electron chi connectivity index (χ0n) is 9.05. The van der Waals surface area contributed by atoms with Gasteiger partial charge in [-0.3, -0.25) is 9.78 Å². The van der Waals surface area contributed by atoms with E-state index in [0.29, 0.717) is 6.54 Å². The quantitative estimate of drug-likeness (QED) is 0.784. The van der Waals surface area contributed by atoms with Gasteiger partial charge in [0.1, 0.15) is 0 Å². The molecular weight excluding hydrogens is 208 g/mol. The van der Waals surface area contributed by atoms with Crippen LogP contribution in [0.3, 0.4) is 0 Å². The van der Waals surface area contributed by atoms with Crippen LogP contribution in [0.25, 0.3) is 0 Å². The summed E-state index contributed by atoms with van der Waals surface area (Å²) in [5.74, 6) is 0.0624. The Balaban J connectivity index is 2.41. The molecular formula is C11H16N2OS. The number of likely N-dealkylation sites (N-methyl/N-ethyl adjacent to an activating group) is 1. The van der Waals surface area contributed by atoms with Crippen molar-refractivity contribution in [3.05, 3.63) is 30.1 Å². The zero-order valence-corrected chi connectivity index (χ0v) is 9.95. The lowest BCUT2D eigenvalue weighted by molar-refractivity contribution is -0.128. The van der Waals surface area contributed by atoms with Crippen molar-refractivity contribution < 1.29 is 4.79 Å². The van der Waals surface area contributed by atoms with Crippen LogP contribution in [0.2, 0.25) is 0 Å². The molecule has 1 aromatic heterocycles. The molecule has 1 atom stereocenters. The van der Waals surface area contributed by atoms with Gasteiger partial charge in [0.15, 0.2) is 0 Å². The van der Waals surface area contributed by atoms with E-state index in [9.17, 15) is 4.79 Å². The molecule has 0 fully saturated rings. The predicted octanol–water partition coefficient (Wildman–Crippen LogP) is 1.40. The second-order valence-electron chi connectivity index (χ2n) is 3.54. The van der Waals surface area contributed by atoms with Gasteiger partial charge in [-0.25, -0.2) is 0 Å². The molecule has 0 N–H and O–H groups in total. The summed E-state index contributed by atoms with van der Waals surface area (Å²) in [5.41, 5.74) is 1.19. The topological polar surface area (TPSA) is 33.2 Å². The van der Waals surface area contributed by atoms with Crippen LogP contribution >= 0.6 is 12.6 Å². The summed E-state index contributed by atoms with van der Waals surface area (Å²) in [4.78, 5) is 17.2. The van der Waals surface area contributed by atoms with Crippen molar-refractivity contribution in [2.24, 2.45) is 0 Å². The molecule has 1 heterocycles. The lowest BCUT2D eigenvalue weighted by Gasteiger charge is -2.18. The Labute approximate surface area is 95.9 Å². The molecule has 1 rings (SSSR count). The molecule has 0 spiro atoms. The average Bonchev–Trinajstić information content (AvgIpc) is 2.26. The number of hydrogen-bond acceptors (Lipinski definition) is 3. The van der Waals surface area contributed by atoms with Gasteiger partial charge in [0.25, 0.3) is 0 Å². The maximum atomic E-state index is 11.5. The van der Waals surface area contributed by atoms with Gasteiger partial charge in [-0.05, 0) is 31.0 Å². The van der Waals surface area contributed by atoms with Crippen LogP contribution in [0.5, 0.6) is 0 Å². The number of hydrogen-bond donors (Lipinski definition) is 1. The summed E-state index contributed by atoms with van der Waals surface area (Å²) in [6, 6.07) is 3.92.